The average molecular weight is 208 g/mol. The van der Waals surface area contributed by atoms with Crippen LogP contribution in [0.4, 0.5) is 5.69 Å². The molecule has 0 aromatic carbocycles. The van der Waals surface area contributed by atoms with Crippen LogP contribution < -0.4 is 10.1 Å². The number of amides is 1. The lowest BCUT2D eigenvalue weighted by molar-refractivity contribution is -0.115. The number of methoxy groups -OCH3 is 1. The number of hydrogen-bond donors (Lipinski definition) is 2. The number of aromatic nitrogens is 1. The van der Waals surface area contributed by atoms with Gasteiger partial charge in [-0.1, -0.05) is 0 Å². The molecule has 2 N–H and O–H groups in total. The maximum absolute atomic E-state index is 11.1. The normalized spacial score (nSPS) is 13.3. The number of nitrogens with one attached hydrogen (secondary N) is 1. The van der Waals surface area contributed by atoms with Crippen LogP contribution >= 0.6 is 0 Å². The first-order valence-electron chi connectivity index (χ1n) is 4.23. The molecule has 0 unspecified atom stereocenters. The van der Waals surface area contributed by atoms with Crippen LogP contribution in [-0.2, 0) is 11.2 Å². The van der Waals surface area contributed by atoms with Gasteiger partial charge in [0, 0.05) is 0 Å². The highest BCUT2D eigenvalue weighted by Crippen LogP contribution is 2.31. The van der Waals surface area contributed by atoms with Gasteiger partial charge in [-0.15, -0.1) is 0 Å². The molecule has 0 fully saturated rings. The van der Waals surface area contributed by atoms with E-state index in [1.807, 2.05) is 0 Å². The number of pyridine rings is 1. The van der Waals surface area contributed by atoms with Crippen molar-refractivity contribution >= 4 is 17.6 Å². The van der Waals surface area contributed by atoms with E-state index in [0.29, 0.717) is 11.3 Å². The Hall–Kier alpha value is -2.11. The molecule has 78 valence electrons. The number of aromatic carboxylic acids is 1. The summed E-state index contributed by atoms with van der Waals surface area (Å²) < 4.78 is 4.91. The molecule has 0 spiro atoms. The molecule has 6 nitrogen and oxygen atoms in total. The van der Waals surface area contributed by atoms with Crippen LogP contribution in [0.3, 0.4) is 0 Å². The van der Waals surface area contributed by atoms with Crippen LogP contribution in [0.1, 0.15) is 16.1 Å². The van der Waals surface area contributed by atoms with E-state index in [9.17, 15) is 9.59 Å². The fourth-order valence-corrected chi connectivity index (χ4v) is 1.46. The van der Waals surface area contributed by atoms with Crippen LogP contribution in [-0.4, -0.2) is 29.1 Å². The Morgan fingerprint density at radius 2 is 2.40 bits per heavy atom. The van der Waals surface area contributed by atoms with Crippen molar-refractivity contribution in [3.63, 3.8) is 0 Å². The number of fused-ring (bicyclic) bond motifs is 1. The van der Waals surface area contributed by atoms with Gasteiger partial charge in [0.2, 0.25) is 11.8 Å². The van der Waals surface area contributed by atoms with Gasteiger partial charge >= 0.3 is 5.97 Å². The van der Waals surface area contributed by atoms with Crippen molar-refractivity contribution in [2.45, 2.75) is 6.42 Å². The third kappa shape index (κ3) is 1.50. The third-order valence-corrected chi connectivity index (χ3v) is 2.10. The van der Waals surface area contributed by atoms with Crippen molar-refractivity contribution in [2.24, 2.45) is 0 Å². The number of anilines is 1. The minimum absolute atomic E-state index is 0.123. The first-order valence-corrected chi connectivity index (χ1v) is 4.23. The molecule has 1 aromatic rings. The molecular formula is C9H8N2O4. The Morgan fingerprint density at radius 1 is 1.67 bits per heavy atom. The molecule has 0 radical (unpaired) electrons. The molecule has 1 aliphatic heterocycles. The van der Waals surface area contributed by atoms with Crippen LogP contribution in [0.15, 0.2) is 6.07 Å². The van der Waals surface area contributed by atoms with Gasteiger partial charge in [-0.3, -0.25) is 4.79 Å². The Kier molecular flexibility index (Phi) is 2.03. The largest absolute Gasteiger partial charge is 0.479 e. The molecule has 6 heteroatoms. The molecule has 1 aromatic heterocycles. The number of hydrogen-bond acceptors (Lipinski definition) is 4. The lowest BCUT2D eigenvalue weighted by atomic mass is 10.2. The first-order chi connectivity index (χ1) is 7.11. The summed E-state index contributed by atoms with van der Waals surface area (Å²) in [5.74, 6) is -1.20. The minimum Gasteiger partial charge on any atom is -0.479 e. The van der Waals surface area contributed by atoms with Crippen LogP contribution in [0.2, 0.25) is 0 Å². The van der Waals surface area contributed by atoms with Gasteiger partial charge in [-0.05, 0) is 11.6 Å². The van der Waals surface area contributed by atoms with E-state index in [4.69, 9.17) is 9.84 Å². The lowest BCUT2D eigenvalue weighted by Crippen LogP contribution is -2.05. The van der Waals surface area contributed by atoms with E-state index >= 15 is 0 Å². The van der Waals surface area contributed by atoms with Gasteiger partial charge in [0.15, 0.2) is 5.69 Å². The highest BCUT2D eigenvalue weighted by Gasteiger charge is 2.24. The number of rotatable bonds is 2. The van der Waals surface area contributed by atoms with Crippen LogP contribution in [0.25, 0.3) is 0 Å². The van der Waals surface area contributed by atoms with Crippen molar-refractivity contribution in [1.82, 2.24) is 4.98 Å². The predicted octanol–water partition coefficient (Wildman–Crippen LogP) is 0.283. The molecule has 0 aliphatic carbocycles. The molecular weight excluding hydrogens is 200 g/mol. The van der Waals surface area contributed by atoms with E-state index in [2.05, 4.69) is 10.3 Å². The lowest BCUT2D eigenvalue weighted by Gasteiger charge is -2.06. The summed E-state index contributed by atoms with van der Waals surface area (Å²) in [6.45, 7) is 0. The van der Waals surface area contributed by atoms with E-state index in [0.717, 1.165) is 0 Å². The summed E-state index contributed by atoms with van der Waals surface area (Å²) in [5, 5.41) is 11.3. The predicted molar refractivity (Wildman–Crippen MR) is 50.1 cm³/mol. The second-order valence-corrected chi connectivity index (χ2v) is 3.08. The van der Waals surface area contributed by atoms with E-state index < -0.39 is 5.97 Å². The fourth-order valence-electron chi connectivity index (χ4n) is 1.46. The van der Waals surface area contributed by atoms with Gasteiger partial charge in [0.05, 0.1) is 13.5 Å². The van der Waals surface area contributed by atoms with Gasteiger partial charge in [-0.25, -0.2) is 9.78 Å². The van der Waals surface area contributed by atoms with E-state index in [-0.39, 0.29) is 23.9 Å². The zero-order chi connectivity index (χ0) is 11.0. The maximum Gasteiger partial charge on any atom is 0.354 e. The topological polar surface area (TPSA) is 88.5 Å². The maximum atomic E-state index is 11.1. The fraction of sp³-hybridized carbons (Fsp3) is 0.222. The SMILES string of the molecule is COc1nc(C(=O)O)cc2c1NC(=O)C2. The number of ether oxygens (including phenoxy) is 1. The number of carboxylic acid groups (broad SMARTS) is 1. The number of carboxylic acids is 1. The van der Waals surface area contributed by atoms with E-state index in [1.54, 1.807) is 0 Å². The number of carbonyl (C=O) groups excluding carboxylic acids is 1. The second-order valence-electron chi connectivity index (χ2n) is 3.08. The molecule has 0 bridgehead atoms. The van der Waals surface area contributed by atoms with Crippen molar-refractivity contribution in [3.8, 4) is 5.88 Å². The molecule has 0 saturated heterocycles. The van der Waals surface area contributed by atoms with Crippen molar-refractivity contribution in [3.05, 3.63) is 17.3 Å². The van der Waals surface area contributed by atoms with Crippen molar-refractivity contribution < 1.29 is 19.4 Å². The van der Waals surface area contributed by atoms with Crippen molar-refractivity contribution in [1.29, 1.82) is 0 Å². The van der Waals surface area contributed by atoms with Gasteiger partial charge in [0.25, 0.3) is 0 Å². The molecule has 0 atom stereocenters. The first kappa shape index (κ1) is 9.45. The summed E-state index contributed by atoms with van der Waals surface area (Å²) in [7, 11) is 1.37. The molecule has 0 saturated carbocycles. The summed E-state index contributed by atoms with van der Waals surface area (Å²) >= 11 is 0. The van der Waals surface area contributed by atoms with Gasteiger partial charge in [-0.2, -0.15) is 0 Å². The van der Waals surface area contributed by atoms with E-state index in [1.165, 1.54) is 13.2 Å². The highest BCUT2D eigenvalue weighted by atomic mass is 16.5. The molecule has 1 amide bonds. The average Bonchev–Trinajstić information content (AvgIpc) is 2.56. The monoisotopic (exact) mass is 208 g/mol. The number of carbonyl (C=O) groups is 2. The Balaban J connectivity index is 2.56. The zero-order valence-corrected chi connectivity index (χ0v) is 7.90. The second kappa shape index (κ2) is 3.23. The molecule has 2 heterocycles. The third-order valence-electron chi connectivity index (χ3n) is 2.10. The summed E-state index contributed by atoms with van der Waals surface area (Å²) in [4.78, 5) is 25.6. The zero-order valence-electron chi connectivity index (χ0n) is 7.90. The highest BCUT2D eigenvalue weighted by molar-refractivity contribution is 6.01. The van der Waals surface area contributed by atoms with Gasteiger partial charge in [0.1, 0.15) is 5.69 Å². The quantitative estimate of drug-likeness (QED) is 0.728. The Labute approximate surface area is 84.9 Å². The molecule has 1 aliphatic rings. The standard InChI is InChI=1S/C9H8N2O4/c1-15-8-7-4(3-6(12)11-7)2-5(10-8)9(13)14/h2H,3H2,1H3,(H,11,12)(H,13,14). The smallest absolute Gasteiger partial charge is 0.354 e. The van der Waals surface area contributed by atoms with Crippen LogP contribution in [0.5, 0.6) is 5.88 Å². The Bertz CT molecular complexity index is 456. The summed E-state index contributed by atoms with van der Waals surface area (Å²) in [6, 6.07) is 1.37. The van der Waals surface area contributed by atoms with Crippen molar-refractivity contribution in [2.75, 3.05) is 12.4 Å². The molecule has 15 heavy (non-hydrogen) atoms. The number of nitrogens with zero attached hydrogens (tertiary/aromatic N) is 1. The summed E-state index contributed by atoms with van der Waals surface area (Å²) in [5.41, 5.74) is 0.943. The van der Waals surface area contributed by atoms with Gasteiger partial charge < -0.3 is 15.2 Å². The molecule has 2 rings (SSSR count). The minimum atomic E-state index is -1.14. The summed E-state index contributed by atoms with van der Waals surface area (Å²) in [6.07, 6.45) is 0.161. The Morgan fingerprint density at radius 3 is 3.00 bits per heavy atom. The van der Waals surface area contributed by atoms with Crippen LogP contribution in [0, 0.1) is 0 Å².